The van der Waals surface area contributed by atoms with Gasteiger partial charge in [-0.05, 0) is 72.1 Å². The van der Waals surface area contributed by atoms with E-state index in [0.717, 1.165) is 34.3 Å². The third-order valence-corrected chi connectivity index (χ3v) is 11.5. The predicted octanol–water partition coefficient (Wildman–Crippen LogP) is 7.93. The maximum absolute atomic E-state index is 14.5. The molecule has 6 rings (SSSR count). The van der Waals surface area contributed by atoms with Gasteiger partial charge in [0.25, 0.3) is 5.91 Å². The van der Waals surface area contributed by atoms with E-state index in [1.165, 1.54) is 16.7 Å². The van der Waals surface area contributed by atoms with Gasteiger partial charge in [-0.25, -0.2) is 10.2 Å². The molecule has 2 aromatic heterocycles. The van der Waals surface area contributed by atoms with E-state index in [9.17, 15) is 27.6 Å². The van der Waals surface area contributed by atoms with Crippen molar-refractivity contribution in [2.24, 2.45) is 5.41 Å². The van der Waals surface area contributed by atoms with Crippen LogP contribution in [0.1, 0.15) is 83.0 Å². The average Bonchev–Trinajstić information content (AvgIpc) is 3.52. The lowest BCUT2D eigenvalue weighted by molar-refractivity contribution is -0.150. The van der Waals surface area contributed by atoms with E-state index in [-0.39, 0.29) is 24.4 Å². The summed E-state index contributed by atoms with van der Waals surface area (Å²) >= 11 is 0. The number of benzene rings is 2. The van der Waals surface area contributed by atoms with E-state index in [1.54, 1.807) is 18.3 Å². The molecule has 12 nitrogen and oxygen atoms in total. The van der Waals surface area contributed by atoms with Gasteiger partial charge in [-0.15, -0.1) is 0 Å². The number of halogens is 3. The van der Waals surface area contributed by atoms with Crippen LogP contribution in [0.3, 0.4) is 0 Å². The monoisotopic (exact) mass is 834 g/mol. The van der Waals surface area contributed by atoms with E-state index in [1.807, 2.05) is 62.4 Å². The van der Waals surface area contributed by atoms with Gasteiger partial charge in [0.1, 0.15) is 25.2 Å². The lowest BCUT2D eigenvalue weighted by Gasteiger charge is -2.38. The van der Waals surface area contributed by atoms with Crippen molar-refractivity contribution in [3.05, 3.63) is 83.7 Å². The summed E-state index contributed by atoms with van der Waals surface area (Å²) in [6.45, 7) is 10.6. The zero-order valence-electron chi connectivity index (χ0n) is 35.3. The molecule has 0 saturated carbocycles. The number of hydrazine groups is 1. The molecule has 2 aliphatic heterocycles. The van der Waals surface area contributed by atoms with Gasteiger partial charge in [-0.1, -0.05) is 71.4 Å². The molecule has 4 aromatic rings. The number of pyridine rings is 1. The van der Waals surface area contributed by atoms with Crippen LogP contribution in [-0.4, -0.2) is 90.2 Å². The van der Waals surface area contributed by atoms with Crippen molar-refractivity contribution in [1.29, 1.82) is 0 Å². The second-order valence-electron chi connectivity index (χ2n) is 16.8. The number of carbonyl (C=O) groups is 3. The molecule has 2 aromatic carbocycles. The van der Waals surface area contributed by atoms with Crippen LogP contribution in [0.4, 0.5) is 23.7 Å². The molecule has 2 fully saturated rings. The number of hydrogen-bond acceptors (Lipinski definition) is 9. The largest absolute Gasteiger partial charge is 0.468 e. The highest BCUT2D eigenvalue weighted by Crippen LogP contribution is 2.43. The van der Waals surface area contributed by atoms with Crippen LogP contribution in [0.5, 0.6) is 0 Å². The zero-order valence-corrected chi connectivity index (χ0v) is 35.3. The van der Waals surface area contributed by atoms with E-state index < -0.39 is 48.9 Å². The van der Waals surface area contributed by atoms with Crippen molar-refractivity contribution in [2.45, 2.75) is 110 Å². The highest BCUT2D eigenvalue weighted by molar-refractivity contribution is 5.95. The zero-order chi connectivity index (χ0) is 43.2. The summed E-state index contributed by atoms with van der Waals surface area (Å²) in [5, 5.41) is 4.83. The minimum Gasteiger partial charge on any atom is -0.468 e. The van der Waals surface area contributed by atoms with Crippen LogP contribution in [0.15, 0.2) is 66.9 Å². The lowest BCUT2D eigenvalue weighted by atomic mass is 9.81. The molecule has 0 bridgehead atoms. The molecule has 2 N–H and O–H groups in total. The third kappa shape index (κ3) is 10.8. The number of fused-ring (bicyclic) bond motifs is 1. The number of methoxy groups -OCH3 is 1. The predicted molar refractivity (Wildman–Crippen MR) is 223 cm³/mol. The Balaban J connectivity index is 1.32. The maximum Gasteiger partial charge on any atom is 0.408 e. The number of esters is 1. The maximum atomic E-state index is 14.5. The highest BCUT2D eigenvalue weighted by Gasteiger charge is 2.37. The summed E-state index contributed by atoms with van der Waals surface area (Å²) in [4.78, 5) is 46.4. The second kappa shape index (κ2) is 19.1. The van der Waals surface area contributed by atoms with Crippen LogP contribution in [0, 0.1) is 5.41 Å². The number of anilines is 1. The number of aromatic nitrogens is 2. The number of rotatable bonds is 14. The quantitative estimate of drug-likeness (QED) is 0.122. The normalized spacial score (nSPS) is 18.1. The smallest absolute Gasteiger partial charge is 0.408 e. The van der Waals surface area contributed by atoms with Gasteiger partial charge in [-0.3, -0.25) is 19.6 Å². The van der Waals surface area contributed by atoms with Gasteiger partial charge in [-0.2, -0.15) is 13.2 Å². The number of morpholine rings is 1. The molecule has 2 aliphatic rings. The first-order valence-corrected chi connectivity index (χ1v) is 20.7. The van der Waals surface area contributed by atoms with Gasteiger partial charge in [0, 0.05) is 54.4 Å². The van der Waals surface area contributed by atoms with E-state index in [0.29, 0.717) is 62.3 Å². The molecule has 2 amide bonds. The molecule has 0 spiro atoms. The first-order valence-electron chi connectivity index (χ1n) is 20.7. The number of alkyl carbamates (subject to hydrolysis) is 1. The first-order chi connectivity index (χ1) is 28.6. The Morgan fingerprint density at radius 1 is 1.05 bits per heavy atom. The van der Waals surface area contributed by atoms with Crippen molar-refractivity contribution < 1.29 is 41.8 Å². The summed E-state index contributed by atoms with van der Waals surface area (Å²) in [7, 11) is 1.29. The number of carbonyl (C=O) groups excluding carboxylic acids is 3. The van der Waals surface area contributed by atoms with Crippen molar-refractivity contribution >= 4 is 34.6 Å². The Bertz CT molecular complexity index is 2120. The molecule has 0 unspecified atom stereocenters. The number of nitrogens with one attached hydrogen (secondary N) is 2. The van der Waals surface area contributed by atoms with E-state index in [2.05, 4.69) is 41.4 Å². The van der Waals surface area contributed by atoms with Crippen molar-refractivity contribution in [1.82, 2.24) is 25.3 Å². The van der Waals surface area contributed by atoms with Crippen LogP contribution in [0.2, 0.25) is 0 Å². The Kier molecular flexibility index (Phi) is 14.1. The standard InChI is InChI=1S/C45H57F3N6O6/c1-7-44(4,5)25-35-34-23-31(17-18-38(34)53(28-45(46,47)48)40(35)33-15-11-19-49-39(33)29(2)3)52-21-22-59-32(26-52)24-37(50-43(57)60-27-30-13-9-8-10-14-30)41(55)54-20-12-16-36(51-54)42(56)58-6/h8-11,13-15,17-19,23,29,32,36-37,51H,7,12,16,20-22,24-28H2,1-6H3,(H,50,57)/t32-,36-,37-/m0/s1. The summed E-state index contributed by atoms with van der Waals surface area (Å²) in [6.07, 6.45) is -1.64. The van der Waals surface area contributed by atoms with Gasteiger partial charge in [0.15, 0.2) is 0 Å². The molecule has 0 aliphatic carbocycles. The lowest BCUT2D eigenvalue weighted by Crippen LogP contribution is -2.60. The molecule has 324 valence electrons. The number of hydrogen-bond donors (Lipinski definition) is 2. The fraction of sp³-hybridized carbons (Fsp3) is 0.511. The number of amides is 2. The molecular formula is C45H57F3N6O6. The van der Waals surface area contributed by atoms with Crippen molar-refractivity contribution in [3.63, 3.8) is 0 Å². The molecule has 4 heterocycles. The van der Waals surface area contributed by atoms with Crippen LogP contribution in [0.25, 0.3) is 22.2 Å². The molecule has 15 heteroatoms. The Morgan fingerprint density at radius 2 is 1.82 bits per heavy atom. The minimum absolute atomic E-state index is 0.000445. The second-order valence-corrected chi connectivity index (χ2v) is 16.8. The molecule has 60 heavy (non-hydrogen) atoms. The van der Waals surface area contributed by atoms with Crippen LogP contribution < -0.4 is 15.6 Å². The van der Waals surface area contributed by atoms with E-state index in [4.69, 9.17) is 14.2 Å². The number of nitrogens with zero attached hydrogens (tertiary/aromatic N) is 4. The summed E-state index contributed by atoms with van der Waals surface area (Å²) in [5.74, 6) is -0.979. The topological polar surface area (TPSA) is 127 Å². The Hall–Kier alpha value is -5.15. The summed E-state index contributed by atoms with van der Waals surface area (Å²) in [6, 6.07) is 16.6. The summed E-state index contributed by atoms with van der Waals surface area (Å²) in [5.41, 5.74) is 7.60. The fourth-order valence-corrected chi connectivity index (χ4v) is 8.05. The number of ether oxygens (including phenoxy) is 3. The number of alkyl halides is 3. The third-order valence-electron chi connectivity index (χ3n) is 11.5. The Labute approximate surface area is 349 Å². The first kappa shape index (κ1) is 44.4. The molecule has 2 saturated heterocycles. The Morgan fingerprint density at radius 3 is 2.52 bits per heavy atom. The van der Waals surface area contributed by atoms with Gasteiger partial charge in [0.2, 0.25) is 0 Å². The van der Waals surface area contributed by atoms with Gasteiger partial charge < -0.3 is 29.0 Å². The van der Waals surface area contributed by atoms with Crippen molar-refractivity contribution in [2.75, 3.05) is 38.3 Å². The van der Waals surface area contributed by atoms with Gasteiger partial charge in [0.05, 0.1) is 31.2 Å². The average molecular weight is 835 g/mol. The van der Waals surface area contributed by atoms with E-state index >= 15 is 0 Å². The molecule has 3 atom stereocenters. The fourth-order valence-electron chi connectivity index (χ4n) is 8.05. The van der Waals surface area contributed by atoms with Crippen molar-refractivity contribution in [3.8, 4) is 11.3 Å². The highest BCUT2D eigenvalue weighted by atomic mass is 19.4. The van der Waals surface area contributed by atoms with Gasteiger partial charge >= 0.3 is 18.2 Å². The molecular weight excluding hydrogens is 778 g/mol. The van der Waals surface area contributed by atoms with Crippen LogP contribution >= 0.6 is 0 Å². The molecule has 0 radical (unpaired) electrons. The van der Waals surface area contributed by atoms with Crippen LogP contribution in [-0.2, 0) is 43.4 Å². The minimum atomic E-state index is -4.48. The summed E-state index contributed by atoms with van der Waals surface area (Å²) < 4.78 is 61.4. The SMILES string of the molecule is CCC(C)(C)Cc1c(-c2cccnc2C(C)C)n(CC(F)(F)F)c2ccc(N3CCO[C@@H](C[C@H](NC(=O)OCc4ccccc4)C(=O)N4CCC[C@@H](C(=O)OC)N4)C3)cc12.